The fraction of sp³-hybridized carbons (Fsp3) is 0.438. The molecule has 1 fully saturated rings. The fourth-order valence-corrected chi connectivity index (χ4v) is 3.08. The van der Waals surface area contributed by atoms with Crippen LogP contribution < -0.4 is 15.6 Å². The molecule has 2 unspecified atom stereocenters. The van der Waals surface area contributed by atoms with Gasteiger partial charge in [-0.3, -0.25) is 10.2 Å². The van der Waals surface area contributed by atoms with Crippen LogP contribution in [0, 0.1) is 5.92 Å². The van der Waals surface area contributed by atoms with Gasteiger partial charge in [-0.25, -0.2) is 5.43 Å². The highest BCUT2D eigenvalue weighted by Crippen LogP contribution is 2.26. The first-order valence-electron chi connectivity index (χ1n) is 6.99. The number of hydrazine groups is 1. The molecule has 1 saturated heterocycles. The van der Waals surface area contributed by atoms with Crippen LogP contribution in [0.15, 0.2) is 28.7 Å². The molecule has 0 bridgehead atoms. The zero-order valence-electron chi connectivity index (χ0n) is 12.9. The van der Waals surface area contributed by atoms with Crippen molar-refractivity contribution in [3.8, 4) is 5.75 Å². The number of hydrogen-bond acceptors (Lipinski definition) is 4. The summed E-state index contributed by atoms with van der Waals surface area (Å²) in [5.74, 6) is 1.19. The fourth-order valence-electron chi connectivity index (χ4n) is 2.59. The third kappa shape index (κ3) is 4.02. The summed E-state index contributed by atoms with van der Waals surface area (Å²) >= 11 is 1.69. The molecule has 0 aliphatic carbocycles. The summed E-state index contributed by atoms with van der Waals surface area (Å²) in [5, 5.41) is 0. The predicted octanol–water partition coefficient (Wildman–Crippen LogP) is 2.85. The van der Waals surface area contributed by atoms with Crippen LogP contribution in [-0.2, 0) is 4.79 Å². The lowest BCUT2D eigenvalue weighted by molar-refractivity contribution is -0.125. The van der Waals surface area contributed by atoms with Gasteiger partial charge < -0.3 is 4.74 Å². The van der Waals surface area contributed by atoms with E-state index in [1.165, 1.54) is 10.5 Å². The van der Waals surface area contributed by atoms with Crippen molar-refractivity contribution in [2.75, 3.05) is 13.4 Å². The quantitative estimate of drug-likeness (QED) is 0.840. The molecule has 1 aromatic rings. The van der Waals surface area contributed by atoms with Crippen LogP contribution >= 0.6 is 11.8 Å². The molecule has 1 aliphatic heterocycles. The van der Waals surface area contributed by atoms with E-state index in [0.29, 0.717) is 6.42 Å². The Morgan fingerprint density at radius 2 is 2.19 bits per heavy atom. The molecule has 21 heavy (non-hydrogen) atoms. The third-order valence-corrected chi connectivity index (χ3v) is 4.41. The van der Waals surface area contributed by atoms with Crippen LogP contribution in [-0.4, -0.2) is 25.3 Å². The maximum Gasteiger partial charge on any atom is 0.234 e. The Hall–Kier alpha value is -1.46. The number of thioether (sulfide) groups is 1. The summed E-state index contributed by atoms with van der Waals surface area (Å²) < 4.78 is 5.34. The number of ether oxygens (including phenoxy) is 1. The molecule has 114 valence electrons. The number of methoxy groups -OCH3 is 1. The van der Waals surface area contributed by atoms with Crippen LogP contribution in [0.25, 0.3) is 6.08 Å². The van der Waals surface area contributed by atoms with Crippen molar-refractivity contribution < 1.29 is 9.53 Å². The van der Waals surface area contributed by atoms with Crippen molar-refractivity contribution in [1.29, 1.82) is 0 Å². The van der Waals surface area contributed by atoms with Gasteiger partial charge in [-0.15, -0.1) is 11.8 Å². The summed E-state index contributed by atoms with van der Waals surface area (Å²) in [6.45, 7) is 4.18. The maximum absolute atomic E-state index is 11.4. The van der Waals surface area contributed by atoms with Crippen molar-refractivity contribution >= 4 is 23.7 Å². The topological polar surface area (TPSA) is 50.4 Å². The number of carbonyl (C=O) groups excluding carboxylic acids is 1. The zero-order chi connectivity index (χ0) is 15.4. The van der Waals surface area contributed by atoms with Gasteiger partial charge in [0.15, 0.2) is 0 Å². The third-order valence-electron chi connectivity index (χ3n) is 3.70. The van der Waals surface area contributed by atoms with Crippen LogP contribution in [0.1, 0.15) is 25.8 Å². The summed E-state index contributed by atoms with van der Waals surface area (Å²) in [7, 11) is 1.68. The SMILES string of the molecule is COc1cc(/C=C(\C)C2NNC(=O)CC2C)cc(SC)c1. The Kier molecular flexibility index (Phi) is 5.31. The van der Waals surface area contributed by atoms with Crippen LogP contribution in [0.4, 0.5) is 0 Å². The van der Waals surface area contributed by atoms with E-state index in [9.17, 15) is 4.79 Å². The molecule has 0 aromatic heterocycles. The normalized spacial score (nSPS) is 22.9. The molecule has 2 N–H and O–H groups in total. The Morgan fingerprint density at radius 1 is 1.43 bits per heavy atom. The second kappa shape index (κ2) is 7.00. The Bertz CT molecular complexity index is 535. The largest absolute Gasteiger partial charge is 0.497 e. The van der Waals surface area contributed by atoms with E-state index in [1.54, 1.807) is 18.9 Å². The number of hydrogen-bond donors (Lipinski definition) is 2. The zero-order valence-corrected chi connectivity index (χ0v) is 13.7. The molecule has 1 aromatic carbocycles. The smallest absolute Gasteiger partial charge is 0.234 e. The molecule has 0 saturated carbocycles. The maximum atomic E-state index is 11.4. The van der Waals surface area contributed by atoms with E-state index in [1.807, 2.05) is 12.1 Å². The van der Waals surface area contributed by atoms with E-state index in [4.69, 9.17) is 4.74 Å². The first kappa shape index (κ1) is 15.9. The van der Waals surface area contributed by atoms with Gasteiger partial charge in [0.25, 0.3) is 0 Å². The first-order chi connectivity index (χ1) is 10.0. The molecule has 2 atom stereocenters. The van der Waals surface area contributed by atoms with Crippen LogP contribution in [0.2, 0.25) is 0 Å². The van der Waals surface area contributed by atoms with E-state index in [-0.39, 0.29) is 17.9 Å². The van der Waals surface area contributed by atoms with Crippen molar-refractivity contribution in [3.63, 3.8) is 0 Å². The van der Waals surface area contributed by atoms with Gasteiger partial charge in [-0.2, -0.15) is 0 Å². The Labute approximate surface area is 130 Å². The summed E-state index contributed by atoms with van der Waals surface area (Å²) in [6.07, 6.45) is 4.75. The lowest BCUT2D eigenvalue weighted by atomic mass is 9.90. The van der Waals surface area contributed by atoms with E-state index >= 15 is 0 Å². The molecule has 5 heteroatoms. The molecular formula is C16H22N2O2S. The van der Waals surface area contributed by atoms with Gasteiger partial charge in [0.2, 0.25) is 5.91 Å². The number of nitrogens with one attached hydrogen (secondary N) is 2. The van der Waals surface area contributed by atoms with Crippen molar-refractivity contribution in [3.05, 3.63) is 29.3 Å². The summed E-state index contributed by atoms with van der Waals surface area (Å²) in [5.41, 5.74) is 8.12. The number of carbonyl (C=O) groups is 1. The van der Waals surface area contributed by atoms with E-state index < -0.39 is 0 Å². The monoisotopic (exact) mass is 306 g/mol. The lowest BCUT2D eigenvalue weighted by Crippen LogP contribution is -2.53. The molecule has 1 amide bonds. The van der Waals surface area contributed by atoms with Crippen LogP contribution in [0.5, 0.6) is 5.75 Å². The summed E-state index contributed by atoms with van der Waals surface area (Å²) in [4.78, 5) is 12.5. The number of amides is 1. The van der Waals surface area contributed by atoms with Crippen molar-refractivity contribution in [2.24, 2.45) is 5.92 Å². The minimum absolute atomic E-state index is 0.0533. The highest BCUT2D eigenvalue weighted by Gasteiger charge is 2.26. The average molecular weight is 306 g/mol. The van der Waals surface area contributed by atoms with E-state index in [0.717, 1.165) is 11.3 Å². The Morgan fingerprint density at radius 3 is 2.81 bits per heavy atom. The minimum Gasteiger partial charge on any atom is -0.497 e. The number of rotatable bonds is 4. The highest BCUT2D eigenvalue weighted by molar-refractivity contribution is 7.98. The van der Waals surface area contributed by atoms with Gasteiger partial charge in [0, 0.05) is 11.3 Å². The second-order valence-corrected chi connectivity index (χ2v) is 6.27. The molecule has 1 aliphatic rings. The molecular weight excluding hydrogens is 284 g/mol. The lowest BCUT2D eigenvalue weighted by Gasteiger charge is -2.30. The second-order valence-electron chi connectivity index (χ2n) is 5.39. The number of benzene rings is 1. The van der Waals surface area contributed by atoms with Gasteiger partial charge >= 0.3 is 0 Å². The standard InChI is InChI=1S/C16H22N2O2S/c1-10(16-11(2)6-15(19)17-18-16)5-12-7-13(20-3)9-14(8-12)21-4/h5,7-9,11,16,18H,6H2,1-4H3,(H,17,19)/b10-5+. The molecule has 0 radical (unpaired) electrons. The predicted molar refractivity (Wildman–Crippen MR) is 87.3 cm³/mol. The highest BCUT2D eigenvalue weighted by atomic mass is 32.2. The van der Waals surface area contributed by atoms with Gasteiger partial charge in [-0.05, 0) is 42.9 Å². The minimum atomic E-state index is 0.0533. The van der Waals surface area contributed by atoms with E-state index in [2.05, 4.69) is 43.1 Å². The molecule has 0 spiro atoms. The first-order valence-corrected chi connectivity index (χ1v) is 8.21. The Balaban J connectivity index is 2.23. The van der Waals surface area contributed by atoms with Gasteiger partial charge in [0.1, 0.15) is 5.75 Å². The van der Waals surface area contributed by atoms with Gasteiger partial charge in [0.05, 0.1) is 13.2 Å². The van der Waals surface area contributed by atoms with Gasteiger partial charge in [-0.1, -0.05) is 18.6 Å². The van der Waals surface area contributed by atoms with Crippen LogP contribution in [0.3, 0.4) is 0 Å². The summed E-state index contributed by atoms with van der Waals surface area (Å²) in [6, 6.07) is 6.35. The molecule has 4 nitrogen and oxygen atoms in total. The molecule has 1 heterocycles. The van der Waals surface area contributed by atoms with Crippen molar-refractivity contribution in [2.45, 2.75) is 31.2 Å². The molecule has 2 rings (SSSR count). The average Bonchev–Trinajstić information content (AvgIpc) is 2.46. The van der Waals surface area contributed by atoms with Crippen molar-refractivity contribution in [1.82, 2.24) is 10.9 Å².